The molecule has 2 aromatic rings. The lowest BCUT2D eigenvalue weighted by Gasteiger charge is -2.24. The highest BCUT2D eigenvalue weighted by atomic mass is 16.7. The molecule has 0 N–H and O–H groups in total. The Morgan fingerprint density at radius 3 is 2.12 bits per heavy atom. The van der Waals surface area contributed by atoms with E-state index < -0.39 is 29.9 Å². The molecular weight excluding hydrogens is 412 g/mol. The molecule has 3 aliphatic rings. The molecule has 0 bridgehead atoms. The number of nitrogens with zero attached hydrogens (tertiary/aromatic N) is 2. The normalized spacial score (nSPS) is 19.8. The molecule has 2 saturated heterocycles. The summed E-state index contributed by atoms with van der Waals surface area (Å²) in [6.07, 6.45) is 0.426. The molecule has 164 valence electrons. The van der Waals surface area contributed by atoms with Gasteiger partial charge in [-0.2, -0.15) is 0 Å². The van der Waals surface area contributed by atoms with Crippen molar-refractivity contribution in [3.8, 4) is 11.1 Å². The van der Waals surface area contributed by atoms with Crippen LogP contribution in [0.25, 0.3) is 11.1 Å². The number of ether oxygens (including phenoxy) is 1. The summed E-state index contributed by atoms with van der Waals surface area (Å²) in [5, 5.41) is 0.510. The lowest BCUT2D eigenvalue weighted by molar-refractivity contribution is -0.200. The molecule has 2 heterocycles. The second kappa shape index (κ2) is 8.11. The maximum atomic E-state index is 12.9. The Morgan fingerprint density at radius 1 is 0.906 bits per heavy atom. The Balaban J connectivity index is 1.27. The van der Waals surface area contributed by atoms with Gasteiger partial charge in [-0.05, 0) is 35.1 Å². The average molecular weight is 434 g/mol. The highest BCUT2D eigenvalue weighted by Crippen LogP contribution is 2.44. The Hall–Kier alpha value is -3.68. The number of carbonyl (C=O) groups excluding carboxylic acids is 4. The van der Waals surface area contributed by atoms with Crippen LogP contribution in [-0.4, -0.2) is 53.0 Å². The van der Waals surface area contributed by atoms with Gasteiger partial charge in [0.05, 0.1) is 0 Å². The number of benzene rings is 2. The van der Waals surface area contributed by atoms with Crippen molar-refractivity contribution in [1.82, 2.24) is 9.96 Å². The summed E-state index contributed by atoms with van der Waals surface area (Å²) in [6.45, 7) is 0.493. The van der Waals surface area contributed by atoms with Gasteiger partial charge in [-0.3, -0.25) is 14.5 Å². The van der Waals surface area contributed by atoms with Crippen LogP contribution in [0.5, 0.6) is 0 Å². The summed E-state index contributed by atoms with van der Waals surface area (Å²) < 4.78 is 5.65. The molecule has 1 aliphatic carbocycles. The van der Waals surface area contributed by atoms with Crippen LogP contribution in [0.2, 0.25) is 0 Å². The molecule has 3 amide bonds. The van der Waals surface area contributed by atoms with Crippen molar-refractivity contribution in [2.75, 3.05) is 13.2 Å². The topological polar surface area (TPSA) is 93.2 Å². The van der Waals surface area contributed by atoms with Gasteiger partial charge >= 0.3 is 12.1 Å². The van der Waals surface area contributed by atoms with Crippen LogP contribution in [0.15, 0.2) is 48.5 Å². The highest BCUT2D eigenvalue weighted by Gasteiger charge is 2.41. The summed E-state index contributed by atoms with van der Waals surface area (Å²) >= 11 is 0. The van der Waals surface area contributed by atoms with Gasteiger partial charge in [0.15, 0.2) is 0 Å². The molecule has 0 aromatic heterocycles. The number of hydroxylamine groups is 2. The van der Waals surface area contributed by atoms with Crippen LogP contribution < -0.4 is 0 Å². The van der Waals surface area contributed by atoms with Crippen molar-refractivity contribution in [2.24, 2.45) is 0 Å². The SMILES string of the molecule is O=C(ON1C(=O)CCC1=O)[C@@H]1CCCN1C(=O)OCC1c2ccccc2-c2ccccc21. The van der Waals surface area contributed by atoms with Crippen LogP contribution in [0.1, 0.15) is 42.7 Å². The molecule has 2 aliphatic heterocycles. The predicted molar refractivity (Wildman–Crippen MR) is 112 cm³/mol. The average Bonchev–Trinajstić information content (AvgIpc) is 3.50. The van der Waals surface area contributed by atoms with Gasteiger partial charge < -0.3 is 9.57 Å². The van der Waals surface area contributed by atoms with E-state index in [9.17, 15) is 19.2 Å². The fourth-order valence-electron chi connectivity index (χ4n) is 4.72. The lowest BCUT2D eigenvalue weighted by atomic mass is 9.98. The smallest absolute Gasteiger partial charge is 0.410 e. The number of amides is 3. The quantitative estimate of drug-likeness (QED) is 0.687. The zero-order valence-corrected chi connectivity index (χ0v) is 17.4. The van der Waals surface area contributed by atoms with Crippen molar-refractivity contribution in [3.63, 3.8) is 0 Å². The van der Waals surface area contributed by atoms with Crippen molar-refractivity contribution in [3.05, 3.63) is 59.7 Å². The van der Waals surface area contributed by atoms with Crippen molar-refractivity contribution in [1.29, 1.82) is 0 Å². The second-order valence-electron chi connectivity index (χ2n) is 8.15. The van der Waals surface area contributed by atoms with E-state index in [4.69, 9.17) is 9.57 Å². The van der Waals surface area contributed by atoms with E-state index in [1.54, 1.807) is 0 Å². The minimum atomic E-state index is -0.883. The largest absolute Gasteiger partial charge is 0.448 e. The first-order valence-corrected chi connectivity index (χ1v) is 10.7. The van der Waals surface area contributed by atoms with E-state index >= 15 is 0 Å². The predicted octanol–water partition coefficient (Wildman–Crippen LogP) is 3.01. The summed E-state index contributed by atoms with van der Waals surface area (Å²) in [4.78, 5) is 55.2. The van der Waals surface area contributed by atoms with Gasteiger partial charge in [0.25, 0.3) is 11.8 Å². The monoisotopic (exact) mass is 434 g/mol. The molecule has 1 atom stereocenters. The van der Waals surface area contributed by atoms with E-state index in [0.717, 1.165) is 22.3 Å². The zero-order chi connectivity index (χ0) is 22.2. The minimum Gasteiger partial charge on any atom is -0.448 e. The van der Waals surface area contributed by atoms with Crippen LogP contribution >= 0.6 is 0 Å². The van der Waals surface area contributed by atoms with Crippen LogP contribution in [0.3, 0.4) is 0 Å². The van der Waals surface area contributed by atoms with Crippen LogP contribution in [-0.2, 0) is 24.0 Å². The first-order valence-electron chi connectivity index (χ1n) is 10.7. The van der Waals surface area contributed by atoms with E-state index in [2.05, 4.69) is 12.1 Å². The third-order valence-corrected chi connectivity index (χ3v) is 6.28. The molecule has 32 heavy (non-hydrogen) atoms. The van der Waals surface area contributed by atoms with Crippen LogP contribution in [0, 0.1) is 0 Å². The van der Waals surface area contributed by atoms with Gasteiger partial charge in [-0.15, -0.1) is 5.06 Å². The number of hydrogen-bond donors (Lipinski definition) is 0. The number of rotatable bonds is 4. The second-order valence-corrected chi connectivity index (χ2v) is 8.15. The first-order chi connectivity index (χ1) is 15.5. The van der Waals surface area contributed by atoms with E-state index in [0.29, 0.717) is 24.4 Å². The summed E-state index contributed by atoms with van der Waals surface area (Å²) in [5.74, 6) is -1.97. The summed E-state index contributed by atoms with van der Waals surface area (Å²) in [6, 6.07) is 15.2. The Kier molecular flexibility index (Phi) is 5.13. The molecule has 2 aromatic carbocycles. The number of likely N-dealkylation sites (tertiary alicyclic amines) is 1. The third-order valence-electron chi connectivity index (χ3n) is 6.28. The molecule has 0 radical (unpaired) electrons. The van der Waals surface area contributed by atoms with E-state index in [-0.39, 0.29) is 25.4 Å². The van der Waals surface area contributed by atoms with E-state index in [1.165, 1.54) is 4.90 Å². The van der Waals surface area contributed by atoms with Gasteiger partial charge in [0.1, 0.15) is 12.6 Å². The Labute approximate surface area is 184 Å². The molecule has 8 heteroatoms. The molecule has 0 spiro atoms. The van der Waals surface area contributed by atoms with Gasteiger partial charge in [0.2, 0.25) is 0 Å². The number of imide groups is 1. The molecular formula is C24H22N2O6. The van der Waals surface area contributed by atoms with Gasteiger partial charge in [-0.25, -0.2) is 9.59 Å². The number of fused-ring (bicyclic) bond motifs is 3. The fourth-order valence-corrected chi connectivity index (χ4v) is 4.72. The zero-order valence-electron chi connectivity index (χ0n) is 17.4. The van der Waals surface area contributed by atoms with E-state index in [1.807, 2.05) is 36.4 Å². The van der Waals surface area contributed by atoms with Crippen molar-refractivity contribution < 1.29 is 28.8 Å². The maximum absolute atomic E-state index is 12.9. The first kappa shape index (κ1) is 20.2. The number of hydrogen-bond acceptors (Lipinski definition) is 6. The Bertz CT molecular complexity index is 1050. The molecule has 8 nitrogen and oxygen atoms in total. The number of carbonyl (C=O) groups is 4. The molecule has 0 unspecified atom stereocenters. The highest BCUT2D eigenvalue weighted by molar-refractivity contribution is 6.02. The van der Waals surface area contributed by atoms with Crippen molar-refractivity contribution in [2.45, 2.75) is 37.6 Å². The summed E-state index contributed by atoms with van der Waals surface area (Å²) in [7, 11) is 0. The van der Waals surface area contributed by atoms with Crippen LogP contribution in [0.4, 0.5) is 4.79 Å². The molecule has 0 saturated carbocycles. The lowest BCUT2D eigenvalue weighted by Crippen LogP contribution is -2.45. The van der Waals surface area contributed by atoms with Crippen molar-refractivity contribution >= 4 is 23.9 Å². The molecule has 2 fully saturated rings. The third kappa shape index (κ3) is 3.41. The fraction of sp³-hybridized carbons (Fsp3) is 0.333. The maximum Gasteiger partial charge on any atom is 0.410 e. The standard InChI is InChI=1S/C24H22N2O6/c27-21-11-12-22(28)26(21)32-23(29)20-10-5-13-25(20)24(30)31-14-19-17-8-3-1-6-15(17)16-7-2-4-9-18(16)19/h1-4,6-9,19-20H,5,10-14H2/t20-/m0/s1. The summed E-state index contributed by atoms with van der Waals surface area (Å²) in [5.41, 5.74) is 4.47. The molecule has 5 rings (SSSR count). The minimum absolute atomic E-state index is 0.0207. The Morgan fingerprint density at radius 2 is 1.50 bits per heavy atom. The van der Waals surface area contributed by atoms with Gasteiger partial charge in [0, 0.05) is 25.3 Å². The van der Waals surface area contributed by atoms with Gasteiger partial charge in [-0.1, -0.05) is 48.5 Å².